The Morgan fingerprint density at radius 3 is 2.44 bits per heavy atom. The maximum atomic E-state index is 10.8. The first-order valence-electron chi connectivity index (χ1n) is 5.57. The lowest BCUT2D eigenvalue weighted by Gasteiger charge is -2.08. The smallest absolute Gasteiger partial charge is 0.365 e. The van der Waals surface area contributed by atoms with Gasteiger partial charge in [-0.05, 0) is 22.2 Å². The first-order chi connectivity index (χ1) is 8.75. The van der Waals surface area contributed by atoms with Crippen molar-refractivity contribution in [3.63, 3.8) is 0 Å². The van der Waals surface area contributed by atoms with E-state index in [0.717, 1.165) is 21.5 Å². The van der Waals surface area contributed by atoms with E-state index in [1.807, 2.05) is 48.5 Å². The van der Waals surface area contributed by atoms with Crippen molar-refractivity contribution in [1.29, 1.82) is 0 Å². The fourth-order valence-corrected chi connectivity index (χ4v) is 2.56. The zero-order chi connectivity index (χ0) is 12.5. The van der Waals surface area contributed by atoms with Crippen LogP contribution in [0.3, 0.4) is 0 Å². The molecule has 3 aromatic carbocycles. The summed E-state index contributed by atoms with van der Waals surface area (Å²) < 4.78 is 15.8. The largest absolute Gasteiger partial charge is 0.426 e. The number of fused-ring (bicyclic) bond motifs is 3. The highest BCUT2D eigenvalue weighted by Gasteiger charge is 2.06. The van der Waals surface area contributed by atoms with E-state index in [-0.39, 0.29) is 0 Å². The summed E-state index contributed by atoms with van der Waals surface area (Å²) in [5, 5.41) is 4.12. The van der Waals surface area contributed by atoms with Gasteiger partial charge in [-0.25, -0.2) is 4.57 Å². The van der Waals surface area contributed by atoms with Crippen molar-refractivity contribution >= 4 is 29.8 Å². The summed E-state index contributed by atoms with van der Waals surface area (Å²) in [5.41, 5.74) is 0. The van der Waals surface area contributed by atoms with Crippen LogP contribution in [0.25, 0.3) is 21.5 Å². The van der Waals surface area contributed by atoms with Crippen LogP contribution in [-0.2, 0) is 4.57 Å². The standard InChI is InChI=1S/C14H11O3P/c15-18(16)17-14-7-3-6-12-11-5-2-1-4-10(11)8-9-13(12)14/h1-9,18H,(H,15,16). The Kier molecular flexibility index (Phi) is 2.78. The first-order valence-corrected chi connectivity index (χ1v) is 6.83. The lowest BCUT2D eigenvalue weighted by molar-refractivity contribution is 0.412. The first kappa shape index (κ1) is 11.3. The predicted octanol–water partition coefficient (Wildman–Crippen LogP) is 3.75. The van der Waals surface area contributed by atoms with Crippen LogP contribution in [0.2, 0.25) is 0 Å². The van der Waals surface area contributed by atoms with Crippen molar-refractivity contribution in [1.82, 2.24) is 0 Å². The van der Waals surface area contributed by atoms with Crippen LogP contribution >= 0.6 is 8.25 Å². The van der Waals surface area contributed by atoms with Gasteiger partial charge in [0.2, 0.25) is 0 Å². The van der Waals surface area contributed by atoms with Crippen LogP contribution in [0.5, 0.6) is 5.75 Å². The fourth-order valence-electron chi connectivity index (χ4n) is 2.19. The van der Waals surface area contributed by atoms with E-state index < -0.39 is 8.25 Å². The minimum absolute atomic E-state index is 0.449. The van der Waals surface area contributed by atoms with Gasteiger partial charge >= 0.3 is 8.25 Å². The third-order valence-corrected chi connectivity index (χ3v) is 3.34. The van der Waals surface area contributed by atoms with Gasteiger partial charge in [-0.3, -0.25) is 0 Å². The van der Waals surface area contributed by atoms with Gasteiger partial charge in [0.05, 0.1) is 0 Å². The minimum Gasteiger partial charge on any atom is -0.426 e. The molecule has 3 nitrogen and oxygen atoms in total. The summed E-state index contributed by atoms with van der Waals surface area (Å²) in [6.45, 7) is 0. The van der Waals surface area contributed by atoms with E-state index in [0.29, 0.717) is 5.75 Å². The normalized spacial score (nSPS) is 12.7. The van der Waals surface area contributed by atoms with Crippen molar-refractivity contribution in [2.75, 3.05) is 0 Å². The molecule has 0 aliphatic carbocycles. The number of hydrogen-bond acceptors (Lipinski definition) is 2. The summed E-state index contributed by atoms with van der Waals surface area (Å²) in [7, 11) is -2.98. The topological polar surface area (TPSA) is 46.5 Å². The van der Waals surface area contributed by atoms with Crippen molar-refractivity contribution in [2.24, 2.45) is 0 Å². The highest BCUT2D eigenvalue weighted by molar-refractivity contribution is 7.32. The molecule has 0 aliphatic heterocycles. The van der Waals surface area contributed by atoms with Crippen LogP contribution < -0.4 is 4.52 Å². The highest BCUT2D eigenvalue weighted by atomic mass is 31.1. The highest BCUT2D eigenvalue weighted by Crippen LogP contribution is 2.34. The molecule has 0 fully saturated rings. The van der Waals surface area contributed by atoms with E-state index in [1.54, 1.807) is 6.07 Å². The van der Waals surface area contributed by atoms with Gasteiger partial charge < -0.3 is 9.42 Å². The average Bonchev–Trinajstić information content (AvgIpc) is 2.38. The van der Waals surface area contributed by atoms with Crippen LogP contribution in [0, 0.1) is 0 Å². The van der Waals surface area contributed by atoms with Crippen LogP contribution in [0.15, 0.2) is 54.6 Å². The summed E-state index contributed by atoms with van der Waals surface area (Å²) in [6.07, 6.45) is 0. The van der Waals surface area contributed by atoms with Crippen molar-refractivity contribution < 1.29 is 14.0 Å². The van der Waals surface area contributed by atoms with E-state index in [1.165, 1.54) is 0 Å². The maximum absolute atomic E-state index is 10.8. The average molecular weight is 258 g/mol. The van der Waals surface area contributed by atoms with Crippen molar-refractivity contribution in [3.05, 3.63) is 54.6 Å². The number of benzene rings is 3. The van der Waals surface area contributed by atoms with Gasteiger partial charge in [-0.2, -0.15) is 0 Å². The quantitative estimate of drug-likeness (QED) is 0.562. The fraction of sp³-hybridized carbons (Fsp3) is 0. The van der Waals surface area contributed by atoms with Gasteiger partial charge in [0.15, 0.2) is 0 Å². The van der Waals surface area contributed by atoms with Crippen molar-refractivity contribution in [2.45, 2.75) is 0 Å². The predicted molar refractivity (Wildman–Crippen MR) is 73.3 cm³/mol. The number of hydrogen-bond donors (Lipinski definition) is 1. The molecule has 0 radical (unpaired) electrons. The molecular formula is C14H11O3P. The van der Waals surface area contributed by atoms with Gasteiger partial charge in [0.1, 0.15) is 5.75 Å². The molecular weight excluding hydrogens is 247 g/mol. The molecule has 0 saturated heterocycles. The van der Waals surface area contributed by atoms with Gasteiger partial charge in [-0.15, -0.1) is 0 Å². The molecule has 1 N–H and O–H groups in total. The molecule has 3 rings (SSSR count). The van der Waals surface area contributed by atoms with Crippen LogP contribution in [0.1, 0.15) is 0 Å². The van der Waals surface area contributed by atoms with Gasteiger partial charge in [0.25, 0.3) is 0 Å². The van der Waals surface area contributed by atoms with Crippen LogP contribution in [0.4, 0.5) is 0 Å². The molecule has 18 heavy (non-hydrogen) atoms. The second-order valence-corrected chi connectivity index (χ2v) is 4.74. The Bertz CT molecular complexity index is 752. The maximum Gasteiger partial charge on any atom is 0.365 e. The zero-order valence-electron chi connectivity index (χ0n) is 9.46. The molecule has 0 amide bonds. The van der Waals surface area contributed by atoms with E-state index in [2.05, 4.69) is 0 Å². The summed E-state index contributed by atoms with van der Waals surface area (Å²) in [6, 6.07) is 17.5. The molecule has 0 aromatic heterocycles. The van der Waals surface area contributed by atoms with E-state index in [9.17, 15) is 4.57 Å². The number of rotatable bonds is 2. The molecule has 0 aliphatic rings. The Balaban J connectivity index is 2.36. The Hall–Kier alpha value is -1.83. The van der Waals surface area contributed by atoms with Crippen LogP contribution in [-0.4, -0.2) is 4.89 Å². The Morgan fingerprint density at radius 2 is 1.61 bits per heavy atom. The third-order valence-electron chi connectivity index (χ3n) is 2.94. The molecule has 4 heteroatoms. The summed E-state index contributed by atoms with van der Waals surface area (Å²) >= 11 is 0. The van der Waals surface area contributed by atoms with Crippen molar-refractivity contribution in [3.8, 4) is 5.75 Å². The second-order valence-electron chi connectivity index (χ2n) is 4.01. The lowest BCUT2D eigenvalue weighted by Crippen LogP contribution is -1.84. The summed E-state index contributed by atoms with van der Waals surface area (Å²) in [5.74, 6) is 0.449. The molecule has 1 unspecified atom stereocenters. The lowest BCUT2D eigenvalue weighted by atomic mass is 10.0. The Labute approximate surface area is 105 Å². The molecule has 3 aromatic rings. The Morgan fingerprint density at radius 1 is 0.833 bits per heavy atom. The van der Waals surface area contributed by atoms with Gasteiger partial charge in [-0.1, -0.05) is 48.5 Å². The molecule has 0 bridgehead atoms. The molecule has 0 spiro atoms. The molecule has 90 valence electrons. The third kappa shape index (κ3) is 1.88. The molecule has 0 saturated carbocycles. The zero-order valence-corrected chi connectivity index (χ0v) is 10.5. The van der Waals surface area contributed by atoms with E-state index >= 15 is 0 Å². The molecule has 1 atom stereocenters. The van der Waals surface area contributed by atoms with E-state index in [4.69, 9.17) is 9.42 Å². The van der Waals surface area contributed by atoms with Gasteiger partial charge in [0, 0.05) is 5.39 Å². The summed E-state index contributed by atoms with van der Waals surface area (Å²) in [4.78, 5) is 8.90. The molecule has 0 heterocycles. The SMILES string of the molecule is O=[PH](O)Oc1cccc2c1ccc1ccccc12. The monoisotopic (exact) mass is 258 g/mol. The second kappa shape index (κ2) is 4.45. The minimum atomic E-state index is -2.98.